The maximum absolute atomic E-state index is 13.3. The van der Waals surface area contributed by atoms with Crippen LogP contribution in [-0.2, 0) is 9.59 Å². The maximum atomic E-state index is 13.3. The number of allylic oxidation sites excluding steroid dienone is 2. The third-order valence-electron chi connectivity index (χ3n) is 7.31. The molecule has 0 bridgehead atoms. The van der Waals surface area contributed by atoms with Crippen molar-refractivity contribution in [3.63, 3.8) is 0 Å². The van der Waals surface area contributed by atoms with Gasteiger partial charge < -0.3 is 10.2 Å². The summed E-state index contributed by atoms with van der Waals surface area (Å²) in [7, 11) is 0. The van der Waals surface area contributed by atoms with E-state index in [1.165, 1.54) is 0 Å². The highest BCUT2D eigenvalue weighted by Gasteiger charge is 2.67. The minimum atomic E-state index is -1.29. The highest BCUT2D eigenvalue weighted by atomic mass is 16.4. The lowest BCUT2D eigenvalue weighted by molar-refractivity contribution is -0.193. The van der Waals surface area contributed by atoms with Crippen molar-refractivity contribution in [2.75, 3.05) is 0 Å². The fourth-order valence-corrected chi connectivity index (χ4v) is 6.39. The van der Waals surface area contributed by atoms with Gasteiger partial charge >= 0.3 is 11.9 Å². The van der Waals surface area contributed by atoms with E-state index in [9.17, 15) is 19.8 Å². The largest absolute Gasteiger partial charge is 0.481 e. The van der Waals surface area contributed by atoms with Gasteiger partial charge in [0, 0.05) is 0 Å². The van der Waals surface area contributed by atoms with Crippen LogP contribution in [0.15, 0.2) is 11.6 Å². The van der Waals surface area contributed by atoms with Crippen LogP contribution >= 0.6 is 0 Å². The van der Waals surface area contributed by atoms with Gasteiger partial charge in [0.15, 0.2) is 0 Å². The molecule has 0 aliphatic heterocycles. The van der Waals surface area contributed by atoms with Crippen LogP contribution < -0.4 is 0 Å². The Morgan fingerprint density at radius 1 is 0.742 bits per heavy atom. The van der Waals surface area contributed by atoms with Crippen LogP contribution in [0.5, 0.6) is 0 Å². The van der Waals surface area contributed by atoms with Gasteiger partial charge in [-0.2, -0.15) is 0 Å². The lowest BCUT2D eigenvalue weighted by Gasteiger charge is -2.56. The van der Waals surface area contributed by atoms with Gasteiger partial charge in [0.05, 0.1) is 10.8 Å². The van der Waals surface area contributed by atoms with E-state index in [1.54, 1.807) is 0 Å². The number of rotatable bonds is 12. The zero-order chi connectivity index (χ0) is 24.1. The van der Waals surface area contributed by atoms with Crippen molar-refractivity contribution in [1.29, 1.82) is 0 Å². The van der Waals surface area contributed by atoms with Crippen molar-refractivity contribution in [2.24, 2.45) is 46.3 Å². The summed E-state index contributed by atoms with van der Waals surface area (Å²) < 4.78 is 0. The third kappa shape index (κ3) is 5.93. The molecule has 0 saturated carbocycles. The van der Waals surface area contributed by atoms with E-state index in [0.29, 0.717) is 36.5 Å². The summed E-state index contributed by atoms with van der Waals surface area (Å²) in [6.07, 6.45) is 5.63. The van der Waals surface area contributed by atoms with E-state index in [1.807, 2.05) is 13.0 Å². The van der Waals surface area contributed by atoms with Crippen LogP contribution in [0.1, 0.15) is 101 Å². The molecule has 0 fully saturated rings. The van der Waals surface area contributed by atoms with Gasteiger partial charge in [-0.05, 0) is 81.0 Å². The molecule has 4 heteroatoms. The number of hydrogen-bond acceptors (Lipinski definition) is 2. The first kappa shape index (κ1) is 27.7. The molecule has 1 rings (SSSR count). The van der Waals surface area contributed by atoms with Gasteiger partial charge in [0.25, 0.3) is 0 Å². The number of aliphatic carboxylic acids is 2. The average Bonchev–Trinajstić information content (AvgIpc) is 2.58. The maximum Gasteiger partial charge on any atom is 0.311 e. The second-order valence-corrected chi connectivity index (χ2v) is 11.9. The van der Waals surface area contributed by atoms with Crippen molar-refractivity contribution in [3.05, 3.63) is 11.6 Å². The fourth-order valence-electron chi connectivity index (χ4n) is 6.39. The lowest BCUT2D eigenvalue weighted by atomic mass is 9.44. The summed E-state index contributed by atoms with van der Waals surface area (Å²) in [5.41, 5.74) is -1.56. The molecule has 0 amide bonds. The van der Waals surface area contributed by atoms with E-state index in [4.69, 9.17) is 0 Å². The monoisotopic (exact) mass is 436 g/mol. The van der Waals surface area contributed by atoms with Gasteiger partial charge in [-0.3, -0.25) is 9.59 Å². The summed E-state index contributed by atoms with van der Waals surface area (Å²) in [5, 5.41) is 21.8. The number of carbonyl (C=O) groups is 2. The molecule has 2 N–H and O–H groups in total. The standard InChI is InChI=1S/C27H48O4/c1-17(2)12-22(13-18(3)4)26(24(28)29)11-10-21(9)16-27(26,25(30)31)23(14-19(5)6)15-20(7)8/h10,17-20,22-23H,11-16H2,1-9H3,(H,28,29)(H,30,31). The summed E-state index contributed by atoms with van der Waals surface area (Å²) in [4.78, 5) is 26.6. The Hall–Kier alpha value is -1.32. The molecular formula is C27H48O4. The SMILES string of the molecule is CC1=CCC(C(=O)O)(C(CC(C)C)CC(C)C)C(C(=O)O)(C(CC(C)C)CC(C)C)C1. The Labute approximate surface area is 190 Å². The second kappa shape index (κ2) is 11.0. The van der Waals surface area contributed by atoms with Gasteiger partial charge in [-0.15, -0.1) is 0 Å². The van der Waals surface area contributed by atoms with Crippen LogP contribution in [0.3, 0.4) is 0 Å². The molecular weight excluding hydrogens is 388 g/mol. The summed E-state index contributed by atoms with van der Waals surface area (Å²) in [6, 6.07) is 0. The highest BCUT2D eigenvalue weighted by Crippen LogP contribution is 2.63. The first-order valence-electron chi connectivity index (χ1n) is 12.3. The van der Waals surface area contributed by atoms with E-state index < -0.39 is 22.8 Å². The van der Waals surface area contributed by atoms with Gasteiger partial charge in [0.1, 0.15) is 0 Å². The number of carboxylic acids is 2. The fraction of sp³-hybridized carbons (Fsp3) is 0.852. The first-order valence-corrected chi connectivity index (χ1v) is 12.3. The molecule has 2 unspecified atom stereocenters. The Morgan fingerprint density at radius 3 is 1.35 bits per heavy atom. The molecule has 0 heterocycles. The normalized spacial score (nSPS) is 24.7. The molecule has 0 aromatic carbocycles. The molecule has 31 heavy (non-hydrogen) atoms. The minimum absolute atomic E-state index is 0.174. The Balaban J connectivity index is 3.94. The Bertz CT molecular complexity index is 626. The Kier molecular flexibility index (Phi) is 9.84. The molecule has 0 radical (unpaired) electrons. The molecule has 2 atom stereocenters. The molecule has 0 saturated heterocycles. The topological polar surface area (TPSA) is 74.6 Å². The Morgan fingerprint density at radius 2 is 1.06 bits per heavy atom. The van der Waals surface area contributed by atoms with Crippen molar-refractivity contribution < 1.29 is 19.8 Å². The van der Waals surface area contributed by atoms with E-state index in [0.717, 1.165) is 31.3 Å². The van der Waals surface area contributed by atoms with Crippen LogP contribution in [0, 0.1) is 46.3 Å². The van der Waals surface area contributed by atoms with Crippen LogP contribution in [0.4, 0.5) is 0 Å². The molecule has 4 nitrogen and oxygen atoms in total. The summed E-state index contributed by atoms with van der Waals surface area (Å²) in [5.74, 6) is -0.927. The van der Waals surface area contributed by atoms with Crippen molar-refractivity contribution >= 4 is 11.9 Å². The summed E-state index contributed by atoms with van der Waals surface area (Å²) >= 11 is 0. The third-order valence-corrected chi connectivity index (χ3v) is 7.31. The second-order valence-electron chi connectivity index (χ2n) is 11.9. The van der Waals surface area contributed by atoms with Crippen LogP contribution in [0.25, 0.3) is 0 Å². The molecule has 0 aromatic rings. The van der Waals surface area contributed by atoms with Crippen LogP contribution in [-0.4, -0.2) is 22.2 Å². The number of hydrogen-bond donors (Lipinski definition) is 2. The zero-order valence-electron chi connectivity index (χ0n) is 21.5. The van der Waals surface area contributed by atoms with E-state index in [2.05, 4.69) is 55.4 Å². The molecule has 1 aliphatic rings. The van der Waals surface area contributed by atoms with Crippen molar-refractivity contribution in [1.82, 2.24) is 0 Å². The van der Waals surface area contributed by atoms with Gasteiger partial charge in [-0.25, -0.2) is 0 Å². The van der Waals surface area contributed by atoms with Crippen molar-refractivity contribution in [3.8, 4) is 0 Å². The average molecular weight is 437 g/mol. The quantitative estimate of drug-likeness (QED) is 0.315. The number of carboxylic acid groups (broad SMARTS) is 2. The zero-order valence-corrected chi connectivity index (χ0v) is 21.5. The van der Waals surface area contributed by atoms with Crippen LogP contribution in [0.2, 0.25) is 0 Å². The predicted molar refractivity (Wildman–Crippen MR) is 128 cm³/mol. The van der Waals surface area contributed by atoms with Gasteiger partial charge in [-0.1, -0.05) is 67.0 Å². The van der Waals surface area contributed by atoms with E-state index in [-0.39, 0.29) is 11.8 Å². The predicted octanol–water partition coefficient (Wildman–Crippen LogP) is 7.29. The highest BCUT2D eigenvalue weighted by molar-refractivity contribution is 5.88. The van der Waals surface area contributed by atoms with Crippen molar-refractivity contribution in [2.45, 2.75) is 101 Å². The minimum Gasteiger partial charge on any atom is -0.481 e. The first-order chi connectivity index (χ1) is 14.2. The smallest absolute Gasteiger partial charge is 0.311 e. The van der Waals surface area contributed by atoms with Gasteiger partial charge in [0.2, 0.25) is 0 Å². The molecule has 180 valence electrons. The lowest BCUT2D eigenvalue weighted by Crippen LogP contribution is -2.61. The summed E-state index contributed by atoms with van der Waals surface area (Å²) in [6.45, 7) is 18.9. The molecule has 0 spiro atoms. The molecule has 0 aromatic heterocycles. The molecule has 1 aliphatic carbocycles. The van der Waals surface area contributed by atoms with E-state index >= 15 is 0 Å².